The first-order valence-corrected chi connectivity index (χ1v) is 9.12. The van der Waals surface area contributed by atoms with E-state index in [-0.39, 0.29) is 11.9 Å². The van der Waals surface area contributed by atoms with Gasteiger partial charge in [0, 0.05) is 24.3 Å². The van der Waals surface area contributed by atoms with Crippen molar-refractivity contribution in [2.75, 3.05) is 30.3 Å². The van der Waals surface area contributed by atoms with Crippen molar-refractivity contribution in [2.45, 2.75) is 33.6 Å². The summed E-state index contributed by atoms with van der Waals surface area (Å²) in [5.41, 5.74) is 10.5. The molecule has 6 nitrogen and oxygen atoms in total. The molecule has 6 heteroatoms. The zero-order chi connectivity index (χ0) is 18.7. The number of aromatic nitrogens is 2. The van der Waals surface area contributed by atoms with Gasteiger partial charge >= 0.3 is 5.97 Å². The standard InChI is InChI=1S/C20H26N4O2/c1-4-26-20(25)16-9-11-24(12-10-16)17-7-5-15(6-8-17)18-13(2)22-14(3)19(21)23-18/h5-8,16H,4,9-12H2,1-3H3,(H2,21,23). The fraction of sp³-hybridized carbons (Fsp3) is 0.450. The number of hydrogen-bond donors (Lipinski definition) is 1. The Morgan fingerprint density at radius 3 is 2.42 bits per heavy atom. The van der Waals surface area contributed by atoms with Crippen molar-refractivity contribution in [3.05, 3.63) is 35.7 Å². The molecule has 0 bridgehead atoms. The number of benzene rings is 1. The van der Waals surface area contributed by atoms with E-state index in [1.54, 1.807) is 0 Å². The molecular formula is C20H26N4O2. The van der Waals surface area contributed by atoms with Crippen LogP contribution < -0.4 is 10.6 Å². The minimum absolute atomic E-state index is 0.0268. The van der Waals surface area contributed by atoms with Crippen LogP contribution >= 0.6 is 0 Å². The van der Waals surface area contributed by atoms with Gasteiger partial charge in [-0.1, -0.05) is 12.1 Å². The molecule has 1 saturated heterocycles. The quantitative estimate of drug-likeness (QED) is 0.850. The summed E-state index contributed by atoms with van der Waals surface area (Å²) < 4.78 is 5.14. The van der Waals surface area contributed by atoms with Crippen LogP contribution in [0.1, 0.15) is 31.2 Å². The summed E-state index contributed by atoms with van der Waals surface area (Å²) in [5.74, 6) is 0.433. The third-order valence-corrected chi connectivity index (χ3v) is 4.90. The Labute approximate surface area is 154 Å². The summed E-state index contributed by atoms with van der Waals surface area (Å²) in [6, 6.07) is 8.30. The van der Waals surface area contributed by atoms with E-state index >= 15 is 0 Å². The molecule has 2 heterocycles. The topological polar surface area (TPSA) is 81.3 Å². The minimum atomic E-state index is -0.0616. The summed E-state index contributed by atoms with van der Waals surface area (Å²) in [6.07, 6.45) is 1.67. The van der Waals surface area contributed by atoms with Crippen molar-refractivity contribution in [3.63, 3.8) is 0 Å². The highest BCUT2D eigenvalue weighted by molar-refractivity contribution is 5.73. The monoisotopic (exact) mass is 354 g/mol. The Bertz CT molecular complexity index is 781. The molecular weight excluding hydrogens is 328 g/mol. The number of hydrogen-bond acceptors (Lipinski definition) is 6. The Hall–Kier alpha value is -2.63. The molecule has 138 valence electrons. The van der Waals surface area contributed by atoms with Gasteiger partial charge in [-0.15, -0.1) is 0 Å². The molecule has 26 heavy (non-hydrogen) atoms. The summed E-state index contributed by atoms with van der Waals surface area (Å²) in [5, 5.41) is 0. The van der Waals surface area contributed by atoms with Crippen LogP contribution in [0.2, 0.25) is 0 Å². The normalized spacial score (nSPS) is 15.1. The number of nitrogens with zero attached hydrogens (tertiary/aromatic N) is 3. The Balaban J connectivity index is 1.69. The van der Waals surface area contributed by atoms with Gasteiger partial charge in [0.05, 0.1) is 29.6 Å². The zero-order valence-electron chi connectivity index (χ0n) is 15.7. The average Bonchev–Trinajstić information content (AvgIpc) is 2.65. The molecule has 0 aliphatic carbocycles. The van der Waals surface area contributed by atoms with Gasteiger partial charge in [0.25, 0.3) is 0 Å². The molecule has 1 aromatic heterocycles. The molecule has 0 unspecified atom stereocenters. The van der Waals surface area contributed by atoms with Crippen LogP contribution in [0.25, 0.3) is 11.3 Å². The first kappa shape index (κ1) is 18.2. The van der Waals surface area contributed by atoms with Crippen molar-refractivity contribution in [1.82, 2.24) is 9.97 Å². The number of rotatable bonds is 4. The van der Waals surface area contributed by atoms with Gasteiger partial charge < -0.3 is 15.4 Å². The maximum Gasteiger partial charge on any atom is 0.309 e. The van der Waals surface area contributed by atoms with Gasteiger partial charge in [-0.2, -0.15) is 0 Å². The van der Waals surface area contributed by atoms with Gasteiger partial charge in [0.2, 0.25) is 0 Å². The summed E-state index contributed by atoms with van der Waals surface area (Å²) in [7, 11) is 0. The maximum absolute atomic E-state index is 11.9. The Kier molecular flexibility index (Phi) is 5.40. The maximum atomic E-state index is 11.9. The molecule has 0 radical (unpaired) electrons. The van der Waals surface area contributed by atoms with E-state index in [0.29, 0.717) is 12.4 Å². The molecule has 3 rings (SSSR count). The summed E-state index contributed by atoms with van der Waals surface area (Å²) in [4.78, 5) is 23.1. The van der Waals surface area contributed by atoms with E-state index in [0.717, 1.165) is 54.3 Å². The number of nitrogens with two attached hydrogens (primary N) is 1. The highest BCUT2D eigenvalue weighted by Crippen LogP contribution is 2.28. The first-order valence-electron chi connectivity index (χ1n) is 9.12. The predicted molar refractivity (Wildman–Crippen MR) is 103 cm³/mol. The van der Waals surface area contributed by atoms with E-state index in [1.807, 2.05) is 20.8 Å². The second-order valence-corrected chi connectivity index (χ2v) is 6.69. The Morgan fingerprint density at radius 2 is 1.81 bits per heavy atom. The number of nitrogen functional groups attached to an aromatic ring is 1. The molecule has 1 aromatic carbocycles. The largest absolute Gasteiger partial charge is 0.466 e. The van der Waals surface area contributed by atoms with E-state index in [1.165, 1.54) is 0 Å². The van der Waals surface area contributed by atoms with Gasteiger partial charge in [0.1, 0.15) is 5.82 Å². The summed E-state index contributed by atoms with van der Waals surface area (Å²) >= 11 is 0. The lowest BCUT2D eigenvalue weighted by Crippen LogP contribution is -2.36. The molecule has 2 aromatic rings. The third kappa shape index (κ3) is 3.79. The molecule has 0 spiro atoms. The van der Waals surface area contributed by atoms with Crippen LogP contribution in [0.4, 0.5) is 11.5 Å². The van der Waals surface area contributed by atoms with Crippen LogP contribution in [0.3, 0.4) is 0 Å². The van der Waals surface area contributed by atoms with Crippen molar-refractivity contribution in [3.8, 4) is 11.3 Å². The van der Waals surface area contributed by atoms with Crippen LogP contribution in [-0.4, -0.2) is 35.6 Å². The van der Waals surface area contributed by atoms with Gasteiger partial charge in [-0.3, -0.25) is 9.78 Å². The number of carbonyl (C=O) groups excluding carboxylic acids is 1. The fourth-order valence-corrected chi connectivity index (χ4v) is 3.38. The van der Waals surface area contributed by atoms with E-state index < -0.39 is 0 Å². The smallest absolute Gasteiger partial charge is 0.309 e. The van der Waals surface area contributed by atoms with Crippen molar-refractivity contribution < 1.29 is 9.53 Å². The first-order chi connectivity index (χ1) is 12.5. The molecule has 0 amide bonds. The fourth-order valence-electron chi connectivity index (χ4n) is 3.38. The lowest BCUT2D eigenvalue weighted by Gasteiger charge is -2.32. The van der Waals surface area contributed by atoms with Crippen molar-refractivity contribution in [2.24, 2.45) is 5.92 Å². The second-order valence-electron chi connectivity index (χ2n) is 6.69. The number of esters is 1. The van der Waals surface area contributed by atoms with Crippen LogP contribution in [-0.2, 0) is 9.53 Å². The van der Waals surface area contributed by atoms with Crippen molar-refractivity contribution >= 4 is 17.5 Å². The molecule has 1 fully saturated rings. The highest BCUT2D eigenvalue weighted by atomic mass is 16.5. The van der Waals surface area contributed by atoms with E-state index in [9.17, 15) is 4.79 Å². The van der Waals surface area contributed by atoms with Crippen LogP contribution in [0, 0.1) is 19.8 Å². The third-order valence-electron chi connectivity index (χ3n) is 4.90. The SMILES string of the molecule is CCOC(=O)C1CCN(c2ccc(-c3nc(N)c(C)nc3C)cc2)CC1. The number of piperidine rings is 1. The molecule has 0 saturated carbocycles. The Morgan fingerprint density at radius 1 is 1.15 bits per heavy atom. The van der Waals surface area contributed by atoms with E-state index in [4.69, 9.17) is 10.5 Å². The number of anilines is 2. The minimum Gasteiger partial charge on any atom is -0.466 e. The number of carbonyl (C=O) groups is 1. The molecule has 1 aliphatic rings. The van der Waals surface area contributed by atoms with Crippen LogP contribution in [0.15, 0.2) is 24.3 Å². The van der Waals surface area contributed by atoms with Crippen LogP contribution in [0.5, 0.6) is 0 Å². The number of aryl methyl sites for hydroxylation is 2. The lowest BCUT2D eigenvalue weighted by molar-refractivity contribution is -0.148. The lowest BCUT2D eigenvalue weighted by atomic mass is 9.96. The van der Waals surface area contributed by atoms with Crippen molar-refractivity contribution in [1.29, 1.82) is 0 Å². The molecule has 0 atom stereocenters. The van der Waals surface area contributed by atoms with Gasteiger partial charge in [-0.05, 0) is 45.7 Å². The summed E-state index contributed by atoms with van der Waals surface area (Å²) in [6.45, 7) is 7.83. The zero-order valence-corrected chi connectivity index (χ0v) is 15.7. The van der Waals surface area contributed by atoms with Gasteiger partial charge in [-0.25, -0.2) is 4.98 Å². The predicted octanol–water partition coefficient (Wildman–Crippen LogP) is 3.12. The highest BCUT2D eigenvalue weighted by Gasteiger charge is 2.26. The van der Waals surface area contributed by atoms with E-state index in [2.05, 4.69) is 39.1 Å². The molecule has 1 aliphatic heterocycles. The van der Waals surface area contributed by atoms with Gasteiger partial charge in [0.15, 0.2) is 0 Å². The number of ether oxygens (including phenoxy) is 1. The molecule has 2 N–H and O–H groups in total. The second kappa shape index (κ2) is 7.72. The average molecular weight is 354 g/mol.